The Labute approximate surface area is 169 Å². The molecule has 0 N–H and O–H groups in total. The minimum absolute atomic E-state index is 0.219. The van der Waals surface area contributed by atoms with E-state index in [-0.39, 0.29) is 11.7 Å². The first-order valence-electron chi connectivity index (χ1n) is 11.8. The minimum atomic E-state index is -0.648. The maximum Gasteiger partial charge on any atom is 0.374 e. The van der Waals surface area contributed by atoms with Crippen LogP contribution in [0, 0.1) is 5.92 Å². The van der Waals surface area contributed by atoms with Crippen molar-refractivity contribution in [2.45, 2.75) is 130 Å². The topological polar surface area (TPSA) is 43.4 Å². The molecule has 0 aliphatic carbocycles. The van der Waals surface area contributed by atoms with Crippen LogP contribution in [-0.2, 0) is 14.3 Å². The lowest BCUT2D eigenvalue weighted by molar-refractivity contribution is -0.155. The molecule has 0 saturated heterocycles. The Morgan fingerprint density at radius 3 is 1.37 bits per heavy atom. The van der Waals surface area contributed by atoms with Gasteiger partial charge in [-0.05, 0) is 12.8 Å². The Kier molecular flexibility index (Phi) is 19.3. The highest BCUT2D eigenvalue weighted by atomic mass is 16.5. The molecule has 3 heteroatoms. The van der Waals surface area contributed by atoms with E-state index in [1.165, 1.54) is 89.9 Å². The molecule has 0 saturated carbocycles. The standard InChI is InChI=1S/C24H46O3/c1-4-6-7-8-9-10-11-12-13-14-15-16-17-18-19-20-21-27-24(26)23(25)22(3)5-2/h22H,4-21H2,1-3H3. The SMILES string of the molecule is CCCCCCCCCCCCCCCCCCOC(=O)C(=O)C(C)CC. The molecule has 1 atom stereocenters. The van der Waals surface area contributed by atoms with Crippen molar-refractivity contribution in [3.8, 4) is 0 Å². The molecule has 0 aliphatic rings. The lowest BCUT2D eigenvalue weighted by Crippen LogP contribution is -2.24. The molecule has 0 heterocycles. The van der Waals surface area contributed by atoms with Crippen LogP contribution < -0.4 is 0 Å². The van der Waals surface area contributed by atoms with Crippen molar-refractivity contribution in [1.29, 1.82) is 0 Å². The van der Waals surface area contributed by atoms with Crippen molar-refractivity contribution >= 4 is 11.8 Å². The van der Waals surface area contributed by atoms with Gasteiger partial charge in [0.25, 0.3) is 0 Å². The van der Waals surface area contributed by atoms with Gasteiger partial charge in [-0.1, -0.05) is 117 Å². The minimum Gasteiger partial charge on any atom is -0.460 e. The van der Waals surface area contributed by atoms with E-state index in [9.17, 15) is 9.59 Å². The third-order valence-electron chi connectivity index (χ3n) is 5.49. The van der Waals surface area contributed by atoms with Gasteiger partial charge in [0.2, 0.25) is 5.78 Å². The second-order valence-corrected chi connectivity index (χ2v) is 8.11. The highest BCUT2D eigenvalue weighted by molar-refractivity contribution is 6.34. The number of esters is 1. The lowest BCUT2D eigenvalue weighted by Gasteiger charge is -2.07. The molecule has 1 unspecified atom stereocenters. The number of rotatable bonds is 20. The quantitative estimate of drug-likeness (QED) is 0.125. The van der Waals surface area contributed by atoms with Gasteiger partial charge in [-0.2, -0.15) is 0 Å². The first kappa shape index (κ1) is 26.1. The summed E-state index contributed by atoms with van der Waals surface area (Å²) < 4.78 is 5.06. The maximum absolute atomic E-state index is 11.6. The lowest BCUT2D eigenvalue weighted by atomic mass is 10.0. The molecule has 0 bridgehead atoms. The normalized spacial score (nSPS) is 12.1. The number of hydrogen-bond donors (Lipinski definition) is 0. The predicted octanol–water partition coefficient (Wildman–Crippen LogP) is 7.41. The van der Waals surface area contributed by atoms with E-state index < -0.39 is 5.97 Å². The predicted molar refractivity (Wildman–Crippen MR) is 115 cm³/mol. The summed E-state index contributed by atoms with van der Waals surface area (Å²) in [6.07, 6.45) is 21.9. The van der Waals surface area contributed by atoms with E-state index in [4.69, 9.17) is 4.74 Å². The van der Waals surface area contributed by atoms with Crippen molar-refractivity contribution in [3.05, 3.63) is 0 Å². The molecule has 0 aliphatic heterocycles. The summed E-state index contributed by atoms with van der Waals surface area (Å²) in [5, 5.41) is 0. The fourth-order valence-corrected chi connectivity index (χ4v) is 3.27. The molecular formula is C24H46O3. The molecule has 0 fully saturated rings. The smallest absolute Gasteiger partial charge is 0.374 e. The molecule has 0 radical (unpaired) electrons. The number of ether oxygens (including phenoxy) is 1. The van der Waals surface area contributed by atoms with Crippen LogP contribution in [0.15, 0.2) is 0 Å². The van der Waals surface area contributed by atoms with Crippen molar-refractivity contribution in [1.82, 2.24) is 0 Å². The Hall–Kier alpha value is -0.860. The Bertz CT molecular complexity index is 352. The van der Waals surface area contributed by atoms with E-state index in [2.05, 4.69) is 6.92 Å². The van der Waals surface area contributed by atoms with E-state index >= 15 is 0 Å². The van der Waals surface area contributed by atoms with E-state index in [1.54, 1.807) is 6.92 Å². The van der Waals surface area contributed by atoms with Crippen LogP contribution in [0.2, 0.25) is 0 Å². The fraction of sp³-hybridized carbons (Fsp3) is 0.917. The zero-order valence-corrected chi connectivity index (χ0v) is 18.5. The maximum atomic E-state index is 11.6. The number of ketones is 1. The van der Waals surface area contributed by atoms with Gasteiger partial charge in [-0.15, -0.1) is 0 Å². The van der Waals surface area contributed by atoms with Gasteiger partial charge in [0, 0.05) is 5.92 Å². The van der Waals surface area contributed by atoms with Crippen LogP contribution in [0.1, 0.15) is 130 Å². The molecular weight excluding hydrogens is 336 g/mol. The number of Topliss-reactive ketones (excluding diaryl/α,β-unsaturated/α-hetero) is 1. The summed E-state index contributed by atoms with van der Waals surface area (Å²) in [6.45, 7) is 6.35. The summed E-state index contributed by atoms with van der Waals surface area (Å²) in [7, 11) is 0. The molecule has 0 spiro atoms. The number of carbonyl (C=O) groups excluding carboxylic acids is 2. The second-order valence-electron chi connectivity index (χ2n) is 8.11. The van der Waals surface area contributed by atoms with Crippen molar-refractivity contribution < 1.29 is 14.3 Å². The summed E-state index contributed by atoms with van der Waals surface area (Å²) in [5.74, 6) is -1.25. The number of unbranched alkanes of at least 4 members (excludes halogenated alkanes) is 15. The average Bonchev–Trinajstić information content (AvgIpc) is 2.68. The average molecular weight is 383 g/mol. The summed E-state index contributed by atoms with van der Waals surface area (Å²) in [5.41, 5.74) is 0. The zero-order valence-electron chi connectivity index (χ0n) is 18.5. The van der Waals surface area contributed by atoms with Gasteiger partial charge in [0.05, 0.1) is 6.61 Å². The molecule has 0 aromatic carbocycles. The van der Waals surface area contributed by atoms with Crippen molar-refractivity contribution in [3.63, 3.8) is 0 Å². The zero-order chi connectivity index (χ0) is 20.2. The summed E-state index contributed by atoms with van der Waals surface area (Å²) in [4.78, 5) is 23.1. The fourth-order valence-electron chi connectivity index (χ4n) is 3.27. The van der Waals surface area contributed by atoms with Crippen LogP contribution in [0.4, 0.5) is 0 Å². The first-order valence-corrected chi connectivity index (χ1v) is 11.8. The highest BCUT2D eigenvalue weighted by Gasteiger charge is 2.20. The van der Waals surface area contributed by atoms with Crippen LogP contribution in [0.25, 0.3) is 0 Å². The van der Waals surface area contributed by atoms with Crippen LogP contribution in [0.5, 0.6) is 0 Å². The third kappa shape index (κ3) is 17.0. The molecule has 0 aromatic rings. The van der Waals surface area contributed by atoms with Gasteiger partial charge >= 0.3 is 5.97 Å². The van der Waals surface area contributed by atoms with Gasteiger partial charge < -0.3 is 4.74 Å². The third-order valence-corrected chi connectivity index (χ3v) is 5.49. The van der Waals surface area contributed by atoms with Gasteiger partial charge in [0.15, 0.2) is 0 Å². The second kappa shape index (κ2) is 19.9. The van der Waals surface area contributed by atoms with Crippen LogP contribution >= 0.6 is 0 Å². The molecule has 0 aromatic heterocycles. The van der Waals surface area contributed by atoms with Crippen molar-refractivity contribution in [2.75, 3.05) is 6.61 Å². The Morgan fingerprint density at radius 2 is 1.00 bits per heavy atom. The number of hydrogen-bond acceptors (Lipinski definition) is 3. The molecule has 0 rings (SSSR count). The van der Waals surface area contributed by atoms with Gasteiger partial charge in [-0.3, -0.25) is 4.79 Å². The van der Waals surface area contributed by atoms with E-state index in [0.717, 1.165) is 12.8 Å². The molecule has 0 amide bonds. The first-order chi connectivity index (χ1) is 13.1. The van der Waals surface area contributed by atoms with Crippen molar-refractivity contribution in [2.24, 2.45) is 5.92 Å². The van der Waals surface area contributed by atoms with E-state index in [0.29, 0.717) is 13.0 Å². The highest BCUT2D eigenvalue weighted by Crippen LogP contribution is 2.13. The monoisotopic (exact) mass is 382 g/mol. The Balaban J connectivity index is 3.21. The molecule has 27 heavy (non-hydrogen) atoms. The summed E-state index contributed by atoms with van der Waals surface area (Å²) in [6, 6.07) is 0. The summed E-state index contributed by atoms with van der Waals surface area (Å²) >= 11 is 0. The van der Waals surface area contributed by atoms with Gasteiger partial charge in [-0.25, -0.2) is 4.79 Å². The largest absolute Gasteiger partial charge is 0.460 e. The van der Waals surface area contributed by atoms with Gasteiger partial charge in [0.1, 0.15) is 0 Å². The molecule has 160 valence electrons. The molecule has 3 nitrogen and oxygen atoms in total. The van der Waals surface area contributed by atoms with Crippen LogP contribution in [-0.4, -0.2) is 18.4 Å². The van der Waals surface area contributed by atoms with Crippen LogP contribution in [0.3, 0.4) is 0 Å². The Morgan fingerprint density at radius 1 is 0.630 bits per heavy atom. The number of carbonyl (C=O) groups is 2. The van der Waals surface area contributed by atoms with E-state index in [1.807, 2.05) is 6.92 Å².